The monoisotopic (exact) mass is 500 g/mol. The number of allylic oxidation sites excluding steroid dienone is 1. The molecule has 3 aromatic carbocycles. The van der Waals surface area contributed by atoms with Crippen molar-refractivity contribution < 1.29 is 30.0 Å². The first-order chi connectivity index (χ1) is 16.0. The van der Waals surface area contributed by atoms with Crippen LogP contribution in [0.15, 0.2) is 89.8 Å². The molecular formula is C25H24O7S2. The van der Waals surface area contributed by atoms with Crippen molar-refractivity contribution in [2.45, 2.75) is 18.2 Å². The third-order valence-corrected chi connectivity index (χ3v) is 6.47. The molecule has 0 aliphatic rings. The second-order valence-electron chi connectivity index (χ2n) is 7.70. The first kappa shape index (κ1) is 25.2. The third-order valence-electron chi connectivity index (χ3n) is 4.71. The fraction of sp³-hybridized carbons (Fsp3) is 0.160. The third kappa shape index (κ3) is 7.57. The minimum atomic E-state index is -3.96. The van der Waals surface area contributed by atoms with E-state index in [1.54, 1.807) is 61.5 Å². The Morgan fingerprint density at radius 2 is 1.50 bits per heavy atom. The van der Waals surface area contributed by atoms with Gasteiger partial charge in [-0.3, -0.25) is 4.79 Å². The summed E-state index contributed by atoms with van der Waals surface area (Å²) in [6.07, 6.45) is 4.37. The predicted octanol–water partition coefficient (Wildman–Crippen LogP) is 4.25. The first-order valence-electron chi connectivity index (χ1n) is 10.3. The summed E-state index contributed by atoms with van der Waals surface area (Å²) in [4.78, 5) is 12.6. The van der Waals surface area contributed by atoms with Crippen LogP contribution in [0.5, 0.6) is 11.5 Å². The van der Waals surface area contributed by atoms with Crippen molar-refractivity contribution in [2.75, 3.05) is 6.26 Å². The van der Waals surface area contributed by atoms with Crippen LogP contribution in [0.1, 0.15) is 18.1 Å². The summed E-state index contributed by atoms with van der Waals surface area (Å²) in [5.41, 5.74) is 1.36. The van der Waals surface area contributed by atoms with E-state index in [9.17, 15) is 21.6 Å². The molecule has 34 heavy (non-hydrogen) atoms. The van der Waals surface area contributed by atoms with Crippen molar-refractivity contribution in [2.24, 2.45) is 5.92 Å². The van der Waals surface area contributed by atoms with Crippen molar-refractivity contribution in [3.63, 3.8) is 0 Å². The zero-order valence-corrected chi connectivity index (χ0v) is 20.3. The lowest BCUT2D eigenvalue weighted by Crippen LogP contribution is -2.11. The van der Waals surface area contributed by atoms with Crippen LogP contribution in [0.4, 0.5) is 0 Å². The van der Waals surface area contributed by atoms with E-state index < -0.39 is 20.2 Å². The highest BCUT2D eigenvalue weighted by Crippen LogP contribution is 2.21. The van der Waals surface area contributed by atoms with Crippen LogP contribution in [-0.4, -0.2) is 28.9 Å². The smallest absolute Gasteiger partial charge is 0.339 e. The molecule has 0 aromatic heterocycles. The van der Waals surface area contributed by atoms with Crippen LogP contribution in [0.25, 0.3) is 6.08 Å². The van der Waals surface area contributed by atoms with E-state index >= 15 is 0 Å². The van der Waals surface area contributed by atoms with Gasteiger partial charge in [-0.05, 0) is 60.0 Å². The van der Waals surface area contributed by atoms with Gasteiger partial charge in [-0.25, -0.2) is 0 Å². The van der Waals surface area contributed by atoms with Crippen LogP contribution in [-0.2, 0) is 31.5 Å². The SMILES string of the molecule is CC(Cc1cccc(OS(C)(=O)=O)c1)C(=O)/C=C/c1cccc(OS(=O)(=O)c2ccccc2)c1. The van der Waals surface area contributed by atoms with Crippen LogP contribution in [0.3, 0.4) is 0 Å². The molecule has 0 radical (unpaired) electrons. The topological polar surface area (TPSA) is 104 Å². The van der Waals surface area contributed by atoms with Crippen molar-refractivity contribution in [1.29, 1.82) is 0 Å². The molecule has 0 fully saturated rings. The minimum absolute atomic E-state index is 0.0472. The minimum Gasteiger partial charge on any atom is -0.383 e. The van der Waals surface area contributed by atoms with Crippen molar-refractivity contribution in [3.05, 3.63) is 96.1 Å². The van der Waals surface area contributed by atoms with Crippen LogP contribution < -0.4 is 8.37 Å². The first-order valence-corrected chi connectivity index (χ1v) is 13.5. The number of ketones is 1. The Kier molecular flexibility index (Phi) is 7.90. The molecule has 0 heterocycles. The van der Waals surface area contributed by atoms with Gasteiger partial charge in [0.2, 0.25) is 0 Å². The lowest BCUT2D eigenvalue weighted by molar-refractivity contribution is -0.117. The van der Waals surface area contributed by atoms with Gasteiger partial charge in [0.15, 0.2) is 5.78 Å². The predicted molar refractivity (Wildman–Crippen MR) is 130 cm³/mol. The molecule has 0 N–H and O–H groups in total. The van der Waals surface area contributed by atoms with E-state index in [0.717, 1.165) is 11.8 Å². The number of carbonyl (C=O) groups excluding carboxylic acids is 1. The standard InChI is InChI=1S/C25H24O7S2/c1-19(16-21-9-7-10-22(18-21)31-33(2,27)28)25(26)15-14-20-8-6-11-23(17-20)32-34(29,30)24-12-4-3-5-13-24/h3-15,17-19H,16H2,1-2H3/b15-14+. The molecule has 0 amide bonds. The summed E-state index contributed by atoms with van der Waals surface area (Å²) in [6.45, 7) is 1.77. The number of benzene rings is 3. The Bertz CT molecular complexity index is 1390. The zero-order valence-electron chi connectivity index (χ0n) is 18.6. The molecule has 7 nitrogen and oxygen atoms in total. The molecule has 0 saturated carbocycles. The highest BCUT2D eigenvalue weighted by atomic mass is 32.2. The molecule has 3 aromatic rings. The van der Waals surface area contributed by atoms with E-state index in [0.29, 0.717) is 12.0 Å². The van der Waals surface area contributed by atoms with Gasteiger partial charge < -0.3 is 8.37 Å². The van der Waals surface area contributed by atoms with Gasteiger partial charge in [-0.15, -0.1) is 0 Å². The van der Waals surface area contributed by atoms with Crippen molar-refractivity contribution in [1.82, 2.24) is 0 Å². The Labute approximate surface area is 199 Å². The van der Waals surface area contributed by atoms with E-state index in [2.05, 4.69) is 0 Å². The van der Waals surface area contributed by atoms with Crippen molar-refractivity contribution in [3.8, 4) is 11.5 Å². The van der Waals surface area contributed by atoms with Gasteiger partial charge in [0.1, 0.15) is 16.4 Å². The van der Waals surface area contributed by atoms with Gasteiger partial charge in [-0.2, -0.15) is 16.8 Å². The fourth-order valence-corrected chi connectivity index (χ4v) is 4.52. The molecule has 0 spiro atoms. The van der Waals surface area contributed by atoms with Crippen LogP contribution in [0, 0.1) is 5.92 Å². The molecule has 9 heteroatoms. The Hall–Kier alpha value is -3.43. The fourth-order valence-electron chi connectivity index (χ4n) is 3.13. The summed E-state index contributed by atoms with van der Waals surface area (Å²) in [6, 6.07) is 20.8. The summed E-state index contributed by atoms with van der Waals surface area (Å²) in [7, 11) is -7.60. The molecule has 3 rings (SSSR count). The van der Waals surface area contributed by atoms with E-state index in [1.165, 1.54) is 36.4 Å². The lowest BCUT2D eigenvalue weighted by Gasteiger charge is -2.10. The summed E-state index contributed by atoms with van der Waals surface area (Å²) >= 11 is 0. The molecule has 0 saturated heterocycles. The average molecular weight is 501 g/mol. The highest BCUT2D eigenvalue weighted by molar-refractivity contribution is 7.87. The van der Waals surface area contributed by atoms with E-state index in [1.807, 2.05) is 0 Å². The quantitative estimate of drug-likeness (QED) is 0.303. The number of hydrogen-bond donors (Lipinski definition) is 0. The Morgan fingerprint density at radius 1 is 0.853 bits per heavy atom. The molecule has 1 atom stereocenters. The Balaban J connectivity index is 1.65. The van der Waals surface area contributed by atoms with Crippen molar-refractivity contribution >= 4 is 32.1 Å². The normalized spacial score (nSPS) is 12.9. The van der Waals surface area contributed by atoms with Crippen LogP contribution in [0.2, 0.25) is 0 Å². The number of hydrogen-bond acceptors (Lipinski definition) is 7. The number of carbonyl (C=O) groups is 1. The summed E-state index contributed by atoms with van der Waals surface area (Å²) < 4.78 is 57.5. The largest absolute Gasteiger partial charge is 0.383 e. The van der Waals surface area contributed by atoms with Gasteiger partial charge in [0, 0.05) is 5.92 Å². The Morgan fingerprint density at radius 3 is 2.18 bits per heavy atom. The molecule has 0 aliphatic carbocycles. The molecular weight excluding hydrogens is 476 g/mol. The number of rotatable bonds is 10. The lowest BCUT2D eigenvalue weighted by atomic mass is 9.96. The highest BCUT2D eigenvalue weighted by Gasteiger charge is 2.16. The van der Waals surface area contributed by atoms with Gasteiger partial charge >= 0.3 is 20.2 Å². The van der Waals surface area contributed by atoms with E-state index in [4.69, 9.17) is 8.37 Å². The second-order valence-corrected chi connectivity index (χ2v) is 10.8. The van der Waals surface area contributed by atoms with Crippen LogP contribution >= 0.6 is 0 Å². The van der Waals surface area contributed by atoms with E-state index in [-0.39, 0.29) is 28.1 Å². The molecule has 0 bridgehead atoms. The molecule has 178 valence electrons. The zero-order chi connectivity index (χ0) is 24.8. The summed E-state index contributed by atoms with van der Waals surface area (Å²) in [5.74, 6) is -0.188. The molecule has 0 aliphatic heterocycles. The van der Waals surface area contributed by atoms with Gasteiger partial charge in [0.05, 0.1) is 6.26 Å². The second kappa shape index (κ2) is 10.7. The maximum atomic E-state index is 12.6. The maximum Gasteiger partial charge on any atom is 0.339 e. The van der Waals surface area contributed by atoms with Gasteiger partial charge in [-0.1, -0.05) is 55.5 Å². The summed E-state index contributed by atoms with van der Waals surface area (Å²) in [5, 5.41) is 0. The molecule has 1 unspecified atom stereocenters. The van der Waals surface area contributed by atoms with Gasteiger partial charge in [0.25, 0.3) is 0 Å². The maximum absolute atomic E-state index is 12.6. The average Bonchev–Trinajstić information content (AvgIpc) is 2.77.